The third kappa shape index (κ3) is 2.75. The van der Waals surface area contributed by atoms with Crippen LogP contribution in [0.4, 0.5) is 0 Å². The van der Waals surface area contributed by atoms with E-state index in [1.807, 2.05) is 5.51 Å². The van der Waals surface area contributed by atoms with Gasteiger partial charge in [0.05, 0.1) is 30.1 Å². The van der Waals surface area contributed by atoms with Crippen molar-refractivity contribution in [1.82, 2.24) is 20.1 Å². The predicted octanol–water partition coefficient (Wildman–Crippen LogP) is 2.32. The zero-order chi connectivity index (χ0) is 14.1. The van der Waals surface area contributed by atoms with Gasteiger partial charge in [-0.05, 0) is 25.9 Å². The highest BCUT2D eigenvalue weighted by atomic mass is 32.1. The van der Waals surface area contributed by atoms with E-state index in [1.165, 1.54) is 35.5 Å². The van der Waals surface area contributed by atoms with Crippen molar-refractivity contribution >= 4 is 11.3 Å². The van der Waals surface area contributed by atoms with Gasteiger partial charge in [-0.2, -0.15) is 5.10 Å². The highest BCUT2D eigenvalue weighted by Gasteiger charge is 2.24. The second kappa shape index (κ2) is 5.87. The standard InChI is InChI=1S/C15H20N4OS/c1-4-19(5-2-11(1)15-9-21-10-16-15)7-14-12-8-20-6-3-13(12)17-18-14/h9-11H,1-8H2,(H,17,18). The van der Waals surface area contributed by atoms with Crippen LogP contribution in [0.25, 0.3) is 0 Å². The van der Waals surface area contributed by atoms with E-state index in [-0.39, 0.29) is 0 Å². The van der Waals surface area contributed by atoms with Crippen molar-refractivity contribution < 1.29 is 4.74 Å². The minimum atomic E-state index is 0.643. The Kier molecular flexibility index (Phi) is 3.75. The van der Waals surface area contributed by atoms with Gasteiger partial charge in [-0.1, -0.05) is 0 Å². The van der Waals surface area contributed by atoms with Crippen LogP contribution in [0.3, 0.4) is 0 Å². The van der Waals surface area contributed by atoms with E-state index < -0.39 is 0 Å². The number of aromatic amines is 1. The summed E-state index contributed by atoms with van der Waals surface area (Å²) in [5, 5.41) is 9.88. The summed E-state index contributed by atoms with van der Waals surface area (Å²) >= 11 is 1.70. The molecule has 0 spiro atoms. The Hall–Kier alpha value is -1.24. The van der Waals surface area contributed by atoms with Crippen molar-refractivity contribution in [3.8, 4) is 0 Å². The summed E-state index contributed by atoms with van der Waals surface area (Å²) in [6.07, 6.45) is 3.37. The molecule has 0 amide bonds. The zero-order valence-electron chi connectivity index (χ0n) is 12.0. The second-order valence-corrected chi connectivity index (χ2v) is 6.61. The van der Waals surface area contributed by atoms with Gasteiger partial charge in [-0.25, -0.2) is 4.98 Å². The lowest BCUT2D eigenvalue weighted by Gasteiger charge is -2.31. The van der Waals surface area contributed by atoms with E-state index in [1.54, 1.807) is 11.3 Å². The number of nitrogens with zero attached hydrogens (tertiary/aromatic N) is 3. The lowest BCUT2D eigenvalue weighted by atomic mass is 9.94. The van der Waals surface area contributed by atoms with E-state index in [0.29, 0.717) is 5.92 Å². The average molecular weight is 304 g/mol. The molecule has 2 aromatic heterocycles. The molecule has 0 bridgehead atoms. The Balaban J connectivity index is 1.38. The van der Waals surface area contributed by atoms with Crippen molar-refractivity contribution in [1.29, 1.82) is 0 Å². The van der Waals surface area contributed by atoms with Crippen LogP contribution in [0.2, 0.25) is 0 Å². The molecule has 0 radical (unpaired) electrons. The van der Waals surface area contributed by atoms with E-state index in [4.69, 9.17) is 4.74 Å². The van der Waals surface area contributed by atoms with Crippen molar-refractivity contribution in [2.45, 2.75) is 38.3 Å². The first-order chi connectivity index (χ1) is 10.4. The first-order valence-corrected chi connectivity index (χ1v) is 8.57. The minimum Gasteiger partial charge on any atom is -0.376 e. The van der Waals surface area contributed by atoms with Crippen molar-refractivity contribution in [3.63, 3.8) is 0 Å². The van der Waals surface area contributed by atoms with E-state index in [9.17, 15) is 0 Å². The number of hydrogen-bond acceptors (Lipinski definition) is 5. The fourth-order valence-corrected chi connectivity index (χ4v) is 3.96. The molecule has 0 unspecified atom stereocenters. The Morgan fingerprint density at radius 3 is 3.10 bits per heavy atom. The molecule has 0 aliphatic carbocycles. The molecule has 4 heterocycles. The summed E-state index contributed by atoms with van der Waals surface area (Å²) < 4.78 is 5.56. The normalized spacial score (nSPS) is 20.6. The molecule has 112 valence electrons. The highest BCUT2D eigenvalue weighted by Crippen LogP contribution is 2.29. The lowest BCUT2D eigenvalue weighted by molar-refractivity contribution is 0.108. The van der Waals surface area contributed by atoms with Crippen LogP contribution in [0.5, 0.6) is 0 Å². The summed E-state index contributed by atoms with van der Waals surface area (Å²) in [7, 11) is 0. The number of thiazole rings is 1. The van der Waals surface area contributed by atoms with Gasteiger partial charge in [0.25, 0.3) is 0 Å². The number of piperidine rings is 1. The number of ether oxygens (including phenoxy) is 1. The fourth-order valence-electron chi connectivity index (χ4n) is 3.32. The van der Waals surface area contributed by atoms with Crippen molar-refractivity contribution in [2.75, 3.05) is 19.7 Å². The molecule has 1 saturated heterocycles. The zero-order valence-corrected chi connectivity index (χ0v) is 12.9. The third-order valence-corrected chi connectivity index (χ3v) is 5.22. The van der Waals surface area contributed by atoms with Gasteiger partial charge >= 0.3 is 0 Å². The molecule has 4 rings (SSSR count). The molecule has 0 atom stereocenters. The largest absolute Gasteiger partial charge is 0.376 e. The van der Waals surface area contributed by atoms with Crippen molar-refractivity contribution in [2.24, 2.45) is 0 Å². The Morgan fingerprint density at radius 1 is 1.38 bits per heavy atom. The van der Waals surface area contributed by atoms with E-state index in [2.05, 4.69) is 25.5 Å². The van der Waals surface area contributed by atoms with Crippen LogP contribution in [-0.4, -0.2) is 39.8 Å². The molecule has 5 nitrogen and oxygen atoms in total. The molecule has 2 aromatic rings. The SMILES string of the molecule is c1nc(C2CCN(Cc3n[nH]c4c3COCC4)CC2)cs1. The van der Waals surface area contributed by atoms with Gasteiger partial charge in [-0.3, -0.25) is 10.00 Å². The number of hydrogen-bond donors (Lipinski definition) is 1. The van der Waals surface area contributed by atoms with Gasteiger partial charge < -0.3 is 4.74 Å². The molecular weight excluding hydrogens is 284 g/mol. The molecule has 6 heteroatoms. The first-order valence-electron chi connectivity index (χ1n) is 7.63. The molecule has 2 aliphatic heterocycles. The lowest BCUT2D eigenvalue weighted by Crippen LogP contribution is -2.33. The number of nitrogens with one attached hydrogen (secondary N) is 1. The van der Waals surface area contributed by atoms with Crippen LogP contribution in [-0.2, 0) is 24.3 Å². The van der Waals surface area contributed by atoms with E-state index in [0.717, 1.165) is 39.3 Å². The summed E-state index contributed by atoms with van der Waals surface area (Å²) in [5.41, 5.74) is 6.97. The highest BCUT2D eigenvalue weighted by molar-refractivity contribution is 7.07. The average Bonchev–Trinajstić information content (AvgIpc) is 3.19. The fraction of sp³-hybridized carbons (Fsp3) is 0.600. The monoisotopic (exact) mass is 304 g/mol. The third-order valence-electron chi connectivity index (χ3n) is 4.61. The minimum absolute atomic E-state index is 0.643. The summed E-state index contributed by atoms with van der Waals surface area (Å²) in [4.78, 5) is 6.97. The number of likely N-dealkylation sites (tertiary alicyclic amines) is 1. The summed E-state index contributed by atoms with van der Waals surface area (Å²) in [6.45, 7) is 4.73. The Labute approximate surface area is 128 Å². The van der Waals surface area contributed by atoms with Crippen LogP contribution >= 0.6 is 11.3 Å². The molecule has 1 fully saturated rings. The topological polar surface area (TPSA) is 54.0 Å². The molecule has 0 saturated carbocycles. The van der Waals surface area contributed by atoms with Crippen LogP contribution < -0.4 is 0 Å². The van der Waals surface area contributed by atoms with Gasteiger partial charge in [0.1, 0.15) is 0 Å². The van der Waals surface area contributed by atoms with Crippen LogP contribution in [0, 0.1) is 0 Å². The Morgan fingerprint density at radius 2 is 2.29 bits per heavy atom. The second-order valence-electron chi connectivity index (χ2n) is 5.89. The molecule has 0 aromatic carbocycles. The maximum atomic E-state index is 5.56. The first kappa shape index (κ1) is 13.4. The quantitative estimate of drug-likeness (QED) is 0.945. The Bertz CT molecular complexity index is 587. The van der Waals surface area contributed by atoms with Crippen LogP contribution in [0.1, 0.15) is 41.4 Å². The molecular formula is C15H20N4OS. The van der Waals surface area contributed by atoms with Gasteiger partial charge in [0.2, 0.25) is 0 Å². The van der Waals surface area contributed by atoms with Gasteiger partial charge in [-0.15, -0.1) is 11.3 Å². The van der Waals surface area contributed by atoms with Gasteiger partial charge in [0.15, 0.2) is 0 Å². The molecule has 1 N–H and O–H groups in total. The van der Waals surface area contributed by atoms with Crippen LogP contribution in [0.15, 0.2) is 10.9 Å². The maximum Gasteiger partial charge on any atom is 0.0820 e. The number of fused-ring (bicyclic) bond motifs is 1. The number of H-pyrrole nitrogens is 1. The summed E-state index contributed by atoms with van der Waals surface area (Å²) in [5.74, 6) is 0.643. The smallest absolute Gasteiger partial charge is 0.0820 e. The molecule has 2 aliphatic rings. The predicted molar refractivity (Wildman–Crippen MR) is 81.3 cm³/mol. The molecule has 21 heavy (non-hydrogen) atoms. The van der Waals surface area contributed by atoms with E-state index >= 15 is 0 Å². The number of aromatic nitrogens is 3. The van der Waals surface area contributed by atoms with Crippen molar-refractivity contribution in [3.05, 3.63) is 33.5 Å². The summed E-state index contributed by atoms with van der Waals surface area (Å²) in [6, 6.07) is 0. The van der Waals surface area contributed by atoms with Gasteiger partial charge in [0, 0.05) is 35.5 Å². The maximum absolute atomic E-state index is 5.56. The number of rotatable bonds is 3.